The second kappa shape index (κ2) is 6.78. The van der Waals surface area contributed by atoms with E-state index in [0.29, 0.717) is 17.1 Å². The van der Waals surface area contributed by atoms with Gasteiger partial charge in [-0.2, -0.15) is 0 Å². The third-order valence-corrected chi connectivity index (χ3v) is 4.17. The summed E-state index contributed by atoms with van der Waals surface area (Å²) in [6.45, 7) is 3.79. The van der Waals surface area contributed by atoms with E-state index >= 15 is 0 Å². The Kier molecular flexibility index (Phi) is 5.05. The molecule has 3 nitrogen and oxygen atoms in total. The van der Waals surface area contributed by atoms with Crippen molar-refractivity contribution in [3.63, 3.8) is 0 Å². The fourth-order valence-corrected chi connectivity index (χ4v) is 3.03. The molecule has 1 aromatic rings. The van der Waals surface area contributed by atoms with Crippen molar-refractivity contribution in [3.8, 4) is 11.5 Å². The van der Waals surface area contributed by atoms with Crippen LogP contribution in [-0.4, -0.2) is 19.0 Å². The number of ether oxygens (including phenoxy) is 2. The molecule has 1 aliphatic carbocycles. The summed E-state index contributed by atoms with van der Waals surface area (Å²) in [4.78, 5) is 11.8. The topological polar surface area (TPSA) is 35.5 Å². The monoisotopic (exact) mass is 276 g/mol. The van der Waals surface area contributed by atoms with Gasteiger partial charge in [-0.3, -0.25) is 4.79 Å². The molecule has 3 heteroatoms. The van der Waals surface area contributed by atoms with Crippen LogP contribution in [0.3, 0.4) is 0 Å². The highest BCUT2D eigenvalue weighted by Gasteiger charge is 2.24. The lowest BCUT2D eigenvalue weighted by atomic mass is 9.85. The van der Waals surface area contributed by atoms with Crippen molar-refractivity contribution in [2.75, 3.05) is 7.11 Å². The summed E-state index contributed by atoms with van der Waals surface area (Å²) < 4.78 is 11.4. The molecule has 1 saturated carbocycles. The third kappa shape index (κ3) is 3.33. The van der Waals surface area contributed by atoms with Gasteiger partial charge in [-0.25, -0.2) is 0 Å². The van der Waals surface area contributed by atoms with E-state index in [1.807, 2.05) is 12.1 Å². The first-order valence-corrected chi connectivity index (χ1v) is 7.50. The van der Waals surface area contributed by atoms with Gasteiger partial charge in [-0.15, -0.1) is 0 Å². The van der Waals surface area contributed by atoms with Crippen LogP contribution in [0.25, 0.3) is 0 Å². The Morgan fingerprint density at radius 1 is 1.30 bits per heavy atom. The zero-order valence-corrected chi connectivity index (χ0v) is 12.6. The van der Waals surface area contributed by atoms with Crippen LogP contribution in [0.15, 0.2) is 18.2 Å². The SMILES string of the molecule is CCC1CCCC(Oc2cccc(OC)c2C(C)=O)C1. The Balaban J connectivity index is 2.18. The molecular formula is C17H24O3. The molecule has 0 N–H and O–H groups in total. The molecule has 1 aliphatic rings. The van der Waals surface area contributed by atoms with Crippen molar-refractivity contribution in [1.82, 2.24) is 0 Å². The maximum Gasteiger partial charge on any atom is 0.167 e. The highest BCUT2D eigenvalue weighted by Crippen LogP contribution is 2.34. The molecule has 0 bridgehead atoms. The number of benzene rings is 1. The lowest BCUT2D eigenvalue weighted by Gasteiger charge is -2.29. The maximum atomic E-state index is 11.8. The molecule has 0 aliphatic heterocycles. The first-order valence-electron chi connectivity index (χ1n) is 7.50. The van der Waals surface area contributed by atoms with Crippen LogP contribution in [-0.2, 0) is 0 Å². The van der Waals surface area contributed by atoms with Crippen molar-refractivity contribution in [2.45, 2.75) is 52.1 Å². The van der Waals surface area contributed by atoms with Gasteiger partial charge in [-0.05, 0) is 44.2 Å². The number of Topliss-reactive ketones (excluding diaryl/α,β-unsaturated/α-hetero) is 1. The average molecular weight is 276 g/mol. The molecule has 2 rings (SSSR count). The van der Waals surface area contributed by atoms with Crippen molar-refractivity contribution < 1.29 is 14.3 Å². The minimum Gasteiger partial charge on any atom is -0.496 e. The molecule has 2 unspecified atom stereocenters. The fourth-order valence-electron chi connectivity index (χ4n) is 3.03. The predicted molar refractivity (Wildman–Crippen MR) is 79.7 cm³/mol. The van der Waals surface area contributed by atoms with Crippen LogP contribution in [0.4, 0.5) is 0 Å². The van der Waals surface area contributed by atoms with Gasteiger partial charge < -0.3 is 9.47 Å². The molecule has 0 radical (unpaired) electrons. The Morgan fingerprint density at radius 2 is 2.05 bits per heavy atom. The van der Waals surface area contributed by atoms with E-state index in [1.165, 1.54) is 19.3 Å². The van der Waals surface area contributed by atoms with E-state index in [1.54, 1.807) is 20.1 Å². The van der Waals surface area contributed by atoms with Crippen molar-refractivity contribution in [3.05, 3.63) is 23.8 Å². The maximum absolute atomic E-state index is 11.8. The number of rotatable bonds is 5. The van der Waals surface area contributed by atoms with Gasteiger partial charge in [0.15, 0.2) is 5.78 Å². The van der Waals surface area contributed by atoms with Gasteiger partial charge >= 0.3 is 0 Å². The molecule has 2 atom stereocenters. The second-order valence-corrected chi connectivity index (χ2v) is 5.57. The molecule has 0 saturated heterocycles. The zero-order chi connectivity index (χ0) is 14.5. The molecule has 0 spiro atoms. The van der Waals surface area contributed by atoms with Crippen molar-refractivity contribution >= 4 is 5.78 Å². The Labute approximate surface area is 121 Å². The number of hydrogen-bond donors (Lipinski definition) is 0. The minimum atomic E-state index is -0.0136. The minimum absolute atomic E-state index is 0.0136. The summed E-state index contributed by atoms with van der Waals surface area (Å²) in [6, 6.07) is 5.55. The van der Waals surface area contributed by atoms with Gasteiger partial charge in [0, 0.05) is 0 Å². The Hall–Kier alpha value is -1.51. The van der Waals surface area contributed by atoms with Crippen molar-refractivity contribution in [2.24, 2.45) is 5.92 Å². The van der Waals surface area contributed by atoms with Crippen LogP contribution < -0.4 is 9.47 Å². The average Bonchev–Trinajstić information content (AvgIpc) is 2.46. The second-order valence-electron chi connectivity index (χ2n) is 5.57. The molecule has 1 fully saturated rings. The van der Waals surface area contributed by atoms with E-state index in [9.17, 15) is 4.79 Å². The van der Waals surface area contributed by atoms with E-state index in [-0.39, 0.29) is 11.9 Å². The van der Waals surface area contributed by atoms with Crippen LogP contribution in [0.1, 0.15) is 56.3 Å². The van der Waals surface area contributed by atoms with E-state index in [4.69, 9.17) is 9.47 Å². The summed E-state index contributed by atoms with van der Waals surface area (Å²) in [7, 11) is 1.58. The number of methoxy groups -OCH3 is 1. The lowest BCUT2D eigenvalue weighted by Crippen LogP contribution is -2.25. The van der Waals surface area contributed by atoms with Gasteiger partial charge in [0.2, 0.25) is 0 Å². The molecular weight excluding hydrogens is 252 g/mol. The van der Waals surface area contributed by atoms with Crippen LogP contribution >= 0.6 is 0 Å². The van der Waals surface area contributed by atoms with Crippen LogP contribution in [0, 0.1) is 5.92 Å². The largest absolute Gasteiger partial charge is 0.496 e. The van der Waals surface area contributed by atoms with E-state index < -0.39 is 0 Å². The third-order valence-electron chi connectivity index (χ3n) is 4.17. The van der Waals surface area contributed by atoms with Gasteiger partial charge in [0.1, 0.15) is 17.1 Å². The number of carbonyl (C=O) groups excluding carboxylic acids is 1. The predicted octanol–water partition coefficient (Wildman–Crippen LogP) is 4.25. The Morgan fingerprint density at radius 3 is 2.70 bits per heavy atom. The summed E-state index contributed by atoms with van der Waals surface area (Å²) in [5.41, 5.74) is 0.564. The molecule has 20 heavy (non-hydrogen) atoms. The molecule has 0 amide bonds. The number of hydrogen-bond acceptors (Lipinski definition) is 3. The molecule has 0 aromatic heterocycles. The quantitative estimate of drug-likeness (QED) is 0.754. The standard InChI is InChI=1S/C17H24O3/c1-4-13-7-5-8-14(11-13)20-16-10-6-9-15(19-3)17(16)12(2)18/h6,9-10,13-14H,4-5,7-8,11H2,1-3H3. The summed E-state index contributed by atoms with van der Waals surface area (Å²) in [5.74, 6) is 2.00. The smallest absolute Gasteiger partial charge is 0.167 e. The van der Waals surface area contributed by atoms with Gasteiger partial charge in [0.25, 0.3) is 0 Å². The Bertz CT molecular complexity index is 467. The van der Waals surface area contributed by atoms with Gasteiger partial charge in [-0.1, -0.05) is 25.8 Å². The van der Waals surface area contributed by atoms with E-state index in [2.05, 4.69) is 6.92 Å². The van der Waals surface area contributed by atoms with Gasteiger partial charge in [0.05, 0.1) is 13.2 Å². The highest BCUT2D eigenvalue weighted by molar-refractivity contribution is 5.99. The normalized spacial score (nSPS) is 22.4. The van der Waals surface area contributed by atoms with Crippen LogP contribution in [0.2, 0.25) is 0 Å². The first kappa shape index (κ1) is 14.9. The number of ketones is 1. The van der Waals surface area contributed by atoms with Crippen LogP contribution in [0.5, 0.6) is 11.5 Å². The lowest BCUT2D eigenvalue weighted by molar-refractivity contribution is 0.0984. The summed E-state index contributed by atoms with van der Waals surface area (Å²) in [5, 5.41) is 0. The summed E-state index contributed by atoms with van der Waals surface area (Å²) >= 11 is 0. The summed E-state index contributed by atoms with van der Waals surface area (Å²) in [6.07, 6.45) is 6.10. The molecule has 1 aromatic carbocycles. The highest BCUT2D eigenvalue weighted by atomic mass is 16.5. The zero-order valence-electron chi connectivity index (χ0n) is 12.6. The van der Waals surface area contributed by atoms with Crippen molar-refractivity contribution in [1.29, 1.82) is 0 Å². The van der Waals surface area contributed by atoms with E-state index in [0.717, 1.165) is 18.8 Å². The molecule has 0 heterocycles. The number of carbonyl (C=O) groups is 1. The molecule has 110 valence electrons. The first-order chi connectivity index (χ1) is 9.65. The fraction of sp³-hybridized carbons (Fsp3) is 0.588.